The van der Waals surface area contributed by atoms with Crippen LogP contribution in [-0.2, 0) is 15.7 Å². The Labute approximate surface area is 197 Å². The molecule has 1 aliphatic rings. The molecule has 1 aromatic carbocycles. The van der Waals surface area contributed by atoms with Gasteiger partial charge in [0.2, 0.25) is 0 Å². The van der Waals surface area contributed by atoms with Crippen LogP contribution < -0.4 is 10.1 Å². The van der Waals surface area contributed by atoms with Crippen molar-refractivity contribution in [1.82, 2.24) is 10.2 Å². The molecule has 7 nitrogen and oxygen atoms in total. The quantitative estimate of drug-likeness (QED) is 0.232. The van der Waals surface area contributed by atoms with Crippen molar-refractivity contribution in [3.63, 3.8) is 0 Å². The van der Waals surface area contributed by atoms with Crippen LogP contribution in [0.4, 0.5) is 13.2 Å². The third-order valence-electron chi connectivity index (χ3n) is 4.74. The molecule has 1 unspecified atom stereocenters. The van der Waals surface area contributed by atoms with Crippen molar-refractivity contribution in [2.24, 2.45) is 10.9 Å². The van der Waals surface area contributed by atoms with Gasteiger partial charge in [0.1, 0.15) is 18.5 Å². The number of aliphatic imine (C=N–C) groups is 1. The lowest BCUT2D eigenvalue weighted by Crippen LogP contribution is -2.47. The molecule has 0 amide bonds. The van der Waals surface area contributed by atoms with E-state index >= 15 is 0 Å². The number of likely N-dealkylation sites (tertiary alicyclic amines) is 1. The van der Waals surface area contributed by atoms with E-state index in [2.05, 4.69) is 10.3 Å². The van der Waals surface area contributed by atoms with Gasteiger partial charge in [-0.2, -0.15) is 13.2 Å². The lowest BCUT2D eigenvalue weighted by atomic mass is 9.97. The Morgan fingerprint density at radius 2 is 1.90 bits per heavy atom. The van der Waals surface area contributed by atoms with Crippen LogP contribution in [0.15, 0.2) is 29.3 Å². The molecular weight excluding hydrogens is 530 g/mol. The number of rotatable bonds is 7. The summed E-state index contributed by atoms with van der Waals surface area (Å²) in [5.74, 6) is 0.557. The summed E-state index contributed by atoms with van der Waals surface area (Å²) in [6.07, 6.45) is -4.00. The fourth-order valence-electron chi connectivity index (χ4n) is 3.10. The predicted molar refractivity (Wildman–Crippen MR) is 121 cm³/mol. The summed E-state index contributed by atoms with van der Waals surface area (Å²) in [4.78, 5) is 18.1. The molecule has 1 saturated heterocycles. The van der Waals surface area contributed by atoms with Crippen molar-refractivity contribution in [1.29, 1.82) is 0 Å². The number of hydrogen-bond donors (Lipinski definition) is 2. The first-order valence-electron chi connectivity index (χ1n) is 9.83. The SMILES string of the molecule is CCNC(=NCC(O)COc1ccc(C(F)(F)F)cc1)N1CCC(C(=O)OC)CC1.I. The number of benzene rings is 1. The number of nitrogens with one attached hydrogen (secondary N) is 1. The monoisotopic (exact) mass is 559 g/mol. The second-order valence-corrected chi connectivity index (χ2v) is 6.97. The van der Waals surface area contributed by atoms with Crippen LogP contribution in [0.3, 0.4) is 0 Å². The van der Waals surface area contributed by atoms with Crippen LogP contribution in [-0.4, -0.2) is 67.9 Å². The molecule has 31 heavy (non-hydrogen) atoms. The highest BCUT2D eigenvalue weighted by atomic mass is 127. The molecule has 0 bridgehead atoms. The third kappa shape index (κ3) is 8.71. The van der Waals surface area contributed by atoms with Gasteiger partial charge in [-0.1, -0.05) is 0 Å². The molecule has 0 aliphatic carbocycles. The number of halogens is 4. The van der Waals surface area contributed by atoms with Gasteiger partial charge in [0.15, 0.2) is 5.96 Å². The van der Waals surface area contributed by atoms with Gasteiger partial charge < -0.3 is 24.8 Å². The van der Waals surface area contributed by atoms with Crippen LogP contribution in [0.25, 0.3) is 0 Å². The molecule has 11 heteroatoms. The summed E-state index contributed by atoms with van der Waals surface area (Å²) < 4.78 is 47.9. The van der Waals surface area contributed by atoms with Gasteiger partial charge in [-0.05, 0) is 44.0 Å². The van der Waals surface area contributed by atoms with E-state index in [0.29, 0.717) is 38.4 Å². The van der Waals surface area contributed by atoms with Crippen molar-refractivity contribution in [3.05, 3.63) is 29.8 Å². The first-order valence-corrected chi connectivity index (χ1v) is 9.83. The number of carbonyl (C=O) groups is 1. The minimum atomic E-state index is -4.40. The maximum absolute atomic E-state index is 12.6. The van der Waals surface area contributed by atoms with Gasteiger partial charge in [-0.3, -0.25) is 9.79 Å². The lowest BCUT2D eigenvalue weighted by Gasteiger charge is -2.33. The molecule has 0 spiro atoms. The highest BCUT2D eigenvalue weighted by molar-refractivity contribution is 14.0. The molecule has 1 aromatic rings. The summed E-state index contributed by atoms with van der Waals surface area (Å²) in [6, 6.07) is 4.30. The van der Waals surface area contributed by atoms with Gasteiger partial charge >= 0.3 is 12.1 Å². The summed E-state index contributed by atoms with van der Waals surface area (Å²) in [6.45, 7) is 3.83. The summed E-state index contributed by atoms with van der Waals surface area (Å²) >= 11 is 0. The summed E-state index contributed by atoms with van der Waals surface area (Å²) in [5.41, 5.74) is -0.758. The van der Waals surface area contributed by atoms with E-state index in [1.807, 2.05) is 11.8 Å². The van der Waals surface area contributed by atoms with Gasteiger partial charge in [-0.25, -0.2) is 0 Å². The van der Waals surface area contributed by atoms with E-state index in [0.717, 1.165) is 12.1 Å². The Bertz CT molecular complexity index is 709. The van der Waals surface area contributed by atoms with E-state index in [1.165, 1.54) is 19.2 Å². The molecule has 0 aromatic heterocycles. The molecule has 2 N–H and O–H groups in total. The number of guanidine groups is 1. The van der Waals surface area contributed by atoms with E-state index in [9.17, 15) is 23.1 Å². The lowest BCUT2D eigenvalue weighted by molar-refractivity contribution is -0.146. The van der Waals surface area contributed by atoms with Crippen molar-refractivity contribution >= 4 is 35.9 Å². The number of ether oxygens (including phenoxy) is 2. The average molecular weight is 559 g/mol. The second-order valence-electron chi connectivity index (χ2n) is 6.97. The Balaban J connectivity index is 0.00000480. The maximum atomic E-state index is 12.6. The second kappa shape index (κ2) is 12.9. The molecule has 1 fully saturated rings. The first kappa shape index (κ1) is 27.3. The number of nitrogens with zero attached hydrogens (tertiary/aromatic N) is 2. The number of esters is 1. The largest absolute Gasteiger partial charge is 0.491 e. The Morgan fingerprint density at radius 3 is 2.42 bits per heavy atom. The minimum Gasteiger partial charge on any atom is -0.491 e. The Hall–Kier alpha value is -1.76. The molecule has 0 saturated carbocycles. The minimum absolute atomic E-state index is 0. The highest BCUT2D eigenvalue weighted by Gasteiger charge is 2.30. The molecule has 1 heterocycles. The number of hydrogen-bond acceptors (Lipinski definition) is 5. The Kier molecular flexibility index (Phi) is 11.4. The van der Waals surface area contributed by atoms with Crippen LogP contribution in [0.1, 0.15) is 25.3 Å². The zero-order chi connectivity index (χ0) is 22.1. The topological polar surface area (TPSA) is 83.4 Å². The fourth-order valence-corrected chi connectivity index (χ4v) is 3.10. The summed E-state index contributed by atoms with van der Waals surface area (Å²) in [5, 5.41) is 13.3. The van der Waals surface area contributed by atoms with Gasteiger partial charge in [0, 0.05) is 19.6 Å². The van der Waals surface area contributed by atoms with E-state index in [4.69, 9.17) is 9.47 Å². The number of aliphatic hydroxyl groups excluding tert-OH is 1. The predicted octanol–water partition coefficient (Wildman–Crippen LogP) is 2.91. The first-order chi connectivity index (χ1) is 14.2. The number of methoxy groups -OCH3 is 1. The molecule has 1 atom stereocenters. The van der Waals surface area contributed by atoms with Gasteiger partial charge in [-0.15, -0.1) is 24.0 Å². The molecule has 2 rings (SSSR count). The van der Waals surface area contributed by atoms with Crippen LogP contribution in [0, 0.1) is 5.92 Å². The van der Waals surface area contributed by atoms with Gasteiger partial charge in [0.25, 0.3) is 0 Å². The number of aliphatic hydroxyl groups is 1. The van der Waals surface area contributed by atoms with Crippen LogP contribution in [0.2, 0.25) is 0 Å². The van der Waals surface area contributed by atoms with Crippen molar-refractivity contribution in [2.45, 2.75) is 32.0 Å². The van der Waals surface area contributed by atoms with E-state index in [1.54, 1.807) is 0 Å². The molecular formula is C20H29F3IN3O4. The standard InChI is InChI=1S/C20H28F3N3O4.HI/c1-3-24-19(26-10-8-14(9-11-26)18(28)29-2)25-12-16(27)13-30-17-6-4-15(5-7-17)20(21,22)23;/h4-7,14,16,27H,3,8-13H2,1-2H3,(H,24,25);1H. The summed E-state index contributed by atoms with van der Waals surface area (Å²) in [7, 11) is 1.38. The van der Waals surface area contributed by atoms with Crippen LogP contribution >= 0.6 is 24.0 Å². The normalized spacial score (nSPS) is 16.3. The Morgan fingerprint density at radius 1 is 1.29 bits per heavy atom. The fraction of sp³-hybridized carbons (Fsp3) is 0.600. The molecule has 1 aliphatic heterocycles. The van der Waals surface area contributed by atoms with Crippen molar-refractivity contribution < 1.29 is 32.5 Å². The third-order valence-corrected chi connectivity index (χ3v) is 4.74. The average Bonchev–Trinajstić information content (AvgIpc) is 2.74. The van der Waals surface area contributed by atoms with Crippen molar-refractivity contribution in [2.75, 3.05) is 39.9 Å². The highest BCUT2D eigenvalue weighted by Crippen LogP contribution is 2.30. The van der Waals surface area contributed by atoms with Gasteiger partial charge in [0.05, 0.1) is 25.1 Å². The maximum Gasteiger partial charge on any atom is 0.416 e. The number of alkyl halides is 3. The zero-order valence-corrected chi connectivity index (χ0v) is 19.9. The number of carbonyl (C=O) groups excluding carboxylic acids is 1. The molecule has 0 radical (unpaired) electrons. The zero-order valence-electron chi connectivity index (χ0n) is 17.5. The number of piperidine rings is 1. The molecule has 176 valence electrons. The smallest absolute Gasteiger partial charge is 0.416 e. The van der Waals surface area contributed by atoms with E-state index < -0.39 is 17.8 Å². The van der Waals surface area contributed by atoms with Crippen molar-refractivity contribution in [3.8, 4) is 5.75 Å². The van der Waals surface area contributed by atoms with Crippen LogP contribution in [0.5, 0.6) is 5.75 Å². The van der Waals surface area contributed by atoms with E-state index in [-0.39, 0.29) is 54.8 Å².